The molecule has 0 aliphatic rings. The van der Waals surface area contributed by atoms with Crippen LogP contribution in [0.2, 0.25) is 0 Å². The Kier molecular flexibility index (Phi) is 13.0. The molecule has 176 valence electrons. The summed E-state index contributed by atoms with van der Waals surface area (Å²) in [5.74, 6) is 2.17. The predicted molar refractivity (Wildman–Crippen MR) is 127 cm³/mol. The Morgan fingerprint density at radius 2 is 1.00 bits per heavy atom. The lowest BCUT2D eigenvalue weighted by Gasteiger charge is -2.09. The molecule has 0 saturated carbocycles. The molecule has 0 aliphatic heterocycles. The van der Waals surface area contributed by atoms with Gasteiger partial charge in [0.1, 0.15) is 0 Å². The Morgan fingerprint density at radius 3 is 1.39 bits per heavy atom. The molecule has 0 unspecified atom stereocenters. The van der Waals surface area contributed by atoms with E-state index in [1.165, 1.54) is 44.9 Å². The minimum absolute atomic E-state index is 0.839. The Labute approximate surface area is 194 Å². The van der Waals surface area contributed by atoms with Crippen LogP contribution in [-0.4, -0.2) is 103 Å². The maximum Gasteiger partial charge on any atom is 0.209 e. The number of nitrogens with zero attached hydrogens (tertiary/aromatic N) is 10. The van der Waals surface area contributed by atoms with Crippen molar-refractivity contribution in [2.45, 2.75) is 68.3 Å². The van der Waals surface area contributed by atoms with E-state index in [1.54, 1.807) is 23.5 Å². The van der Waals surface area contributed by atoms with Crippen molar-refractivity contribution < 1.29 is 0 Å². The van der Waals surface area contributed by atoms with Gasteiger partial charge in [-0.15, -0.1) is 10.2 Å². The third-order valence-corrected chi connectivity index (χ3v) is 6.85. The number of rotatable bonds is 18. The molecular formula is C19H38N10S2. The van der Waals surface area contributed by atoms with Gasteiger partial charge >= 0.3 is 0 Å². The van der Waals surface area contributed by atoms with E-state index in [-0.39, 0.29) is 0 Å². The zero-order valence-corrected chi connectivity index (χ0v) is 21.1. The highest BCUT2D eigenvalue weighted by Gasteiger charge is 2.08. The van der Waals surface area contributed by atoms with Crippen LogP contribution in [0.25, 0.3) is 0 Å². The first-order chi connectivity index (χ1) is 15.1. The van der Waals surface area contributed by atoms with Gasteiger partial charge in [-0.3, -0.25) is 0 Å². The van der Waals surface area contributed by atoms with Crippen molar-refractivity contribution in [2.75, 3.05) is 52.8 Å². The van der Waals surface area contributed by atoms with Gasteiger partial charge in [0, 0.05) is 24.6 Å². The van der Waals surface area contributed by atoms with E-state index in [0.717, 1.165) is 48.0 Å². The SMILES string of the molecule is CN(C)CCn1nnnc1SCCCCCCCCCSc1nnnn1CCN(C)C. The Morgan fingerprint density at radius 1 is 0.613 bits per heavy atom. The highest BCUT2D eigenvalue weighted by atomic mass is 32.2. The molecule has 0 atom stereocenters. The lowest BCUT2D eigenvalue weighted by Crippen LogP contribution is -2.19. The number of thioether (sulfide) groups is 2. The summed E-state index contributed by atoms with van der Waals surface area (Å²) >= 11 is 3.54. The largest absolute Gasteiger partial charge is 0.308 e. The molecule has 0 fully saturated rings. The smallest absolute Gasteiger partial charge is 0.209 e. The summed E-state index contributed by atoms with van der Waals surface area (Å²) in [5, 5.41) is 25.9. The summed E-state index contributed by atoms with van der Waals surface area (Å²) in [4.78, 5) is 4.29. The number of hydrogen-bond donors (Lipinski definition) is 0. The van der Waals surface area contributed by atoms with E-state index in [1.807, 2.05) is 9.36 Å². The van der Waals surface area contributed by atoms with E-state index in [4.69, 9.17) is 0 Å². The highest BCUT2D eigenvalue weighted by Crippen LogP contribution is 2.18. The molecule has 0 radical (unpaired) electrons. The second-order valence-electron chi connectivity index (χ2n) is 8.15. The van der Waals surface area contributed by atoms with Crippen LogP contribution in [0, 0.1) is 0 Å². The summed E-state index contributed by atoms with van der Waals surface area (Å²) in [5.41, 5.74) is 0. The fourth-order valence-corrected chi connectivity index (χ4v) is 4.69. The molecule has 2 aromatic heterocycles. The maximum atomic E-state index is 4.14. The van der Waals surface area contributed by atoms with Crippen LogP contribution in [0.15, 0.2) is 10.3 Å². The van der Waals surface area contributed by atoms with Crippen LogP contribution in [0.1, 0.15) is 44.9 Å². The van der Waals surface area contributed by atoms with E-state index in [9.17, 15) is 0 Å². The van der Waals surface area contributed by atoms with Crippen molar-refractivity contribution in [1.82, 2.24) is 50.2 Å². The second kappa shape index (κ2) is 15.5. The van der Waals surface area contributed by atoms with Gasteiger partial charge in [-0.2, -0.15) is 0 Å². The van der Waals surface area contributed by atoms with Crippen molar-refractivity contribution in [3.05, 3.63) is 0 Å². The maximum absolute atomic E-state index is 4.14. The van der Waals surface area contributed by atoms with Crippen LogP contribution < -0.4 is 0 Å². The first kappa shape index (κ1) is 26.0. The second-order valence-corrected chi connectivity index (χ2v) is 10.3. The summed E-state index contributed by atoms with van der Waals surface area (Å²) in [6.07, 6.45) is 8.93. The molecule has 12 heteroatoms. The van der Waals surface area contributed by atoms with Crippen LogP contribution in [0.4, 0.5) is 0 Å². The molecule has 0 spiro atoms. The lowest BCUT2D eigenvalue weighted by atomic mass is 10.1. The number of tetrazole rings is 2. The van der Waals surface area contributed by atoms with Gasteiger partial charge in [0.2, 0.25) is 10.3 Å². The normalized spacial score (nSPS) is 11.8. The van der Waals surface area contributed by atoms with Gasteiger partial charge < -0.3 is 9.80 Å². The minimum atomic E-state index is 0.839. The third-order valence-electron chi connectivity index (χ3n) is 4.77. The van der Waals surface area contributed by atoms with E-state index < -0.39 is 0 Å². The Balaban J connectivity index is 1.43. The quantitative estimate of drug-likeness (QED) is 0.239. The van der Waals surface area contributed by atoms with E-state index in [0.29, 0.717) is 0 Å². The predicted octanol–water partition coefficient (Wildman–Crippen LogP) is 2.40. The topological polar surface area (TPSA) is 93.7 Å². The molecule has 0 bridgehead atoms. The van der Waals surface area contributed by atoms with Crippen molar-refractivity contribution in [3.8, 4) is 0 Å². The third kappa shape index (κ3) is 11.3. The standard InChI is InChI=1S/C19H38N10S2/c1-26(2)12-14-28-18(20-22-24-28)30-16-10-8-6-5-7-9-11-17-31-19-21-23-25-29(19)15-13-27(3)4/h5-17H2,1-4H3. The minimum Gasteiger partial charge on any atom is -0.308 e. The molecule has 10 nitrogen and oxygen atoms in total. The van der Waals surface area contributed by atoms with Gasteiger partial charge in [-0.1, -0.05) is 55.6 Å². The number of unbranched alkanes of at least 4 members (excludes halogenated alkanes) is 6. The average Bonchev–Trinajstić information content (AvgIpc) is 3.37. The zero-order chi connectivity index (χ0) is 22.3. The Hall–Kier alpha value is -1.24. The first-order valence-corrected chi connectivity index (χ1v) is 13.1. The highest BCUT2D eigenvalue weighted by molar-refractivity contribution is 7.99. The number of aromatic nitrogens is 8. The van der Waals surface area contributed by atoms with Crippen molar-refractivity contribution >= 4 is 23.5 Å². The summed E-state index contributed by atoms with van der Waals surface area (Å²) in [6.45, 7) is 3.58. The van der Waals surface area contributed by atoms with Crippen molar-refractivity contribution in [2.24, 2.45) is 0 Å². The van der Waals surface area contributed by atoms with Gasteiger partial charge in [0.15, 0.2) is 0 Å². The van der Waals surface area contributed by atoms with Gasteiger partial charge in [-0.05, 0) is 61.9 Å². The number of hydrogen-bond acceptors (Lipinski definition) is 10. The molecule has 0 amide bonds. The molecule has 0 aromatic carbocycles. The van der Waals surface area contributed by atoms with Crippen LogP contribution >= 0.6 is 23.5 Å². The summed E-state index contributed by atoms with van der Waals surface area (Å²) in [7, 11) is 8.25. The monoisotopic (exact) mass is 470 g/mol. The van der Waals surface area contributed by atoms with Crippen LogP contribution in [-0.2, 0) is 13.1 Å². The number of likely N-dealkylation sites (N-methyl/N-ethyl adjacent to an activating group) is 2. The van der Waals surface area contributed by atoms with Crippen LogP contribution in [0.5, 0.6) is 0 Å². The van der Waals surface area contributed by atoms with E-state index in [2.05, 4.69) is 69.0 Å². The van der Waals surface area contributed by atoms with Gasteiger partial charge in [-0.25, -0.2) is 9.36 Å². The fraction of sp³-hybridized carbons (Fsp3) is 0.895. The molecular weight excluding hydrogens is 432 g/mol. The molecule has 2 aromatic rings. The van der Waals surface area contributed by atoms with E-state index >= 15 is 0 Å². The molecule has 0 aliphatic carbocycles. The Bertz CT molecular complexity index is 645. The zero-order valence-electron chi connectivity index (χ0n) is 19.5. The lowest BCUT2D eigenvalue weighted by molar-refractivity contribution is 0.361. The van der Waals surface area contributed by atoms with Crippen molar-refractivity contribution in [1.29, 1.82) is 0 Å². The molecule has 31 heavy (non-hydrogen) atoms. The van der Waals surface area contributed by atoms with Crippen LogP contribution in [0.3, 0.4) is 0 Å². The summed E-state index contributed by atoms with van der Waals surface area (Å²) in [6, 6.07) is 0. The van der Waals surface area contributed by atoms with Gasteiger partial charge in [0.25, 0.3) is 0 Å². The average molecular weight is 471 g/mol. The van der Waals surface area contributed by atoms with Crippen molar-refractivity contribution in [3.63, 3.8) is 0 Å². The summed E-state index contributed by atoms with van der Waals surface area (Å²) < 4.78 is 3.81. The molecule has 0 saturated heterocycles. The fourth-order valence-electron chi connectivity index (χ4n) is 2.88. The first-order valence-electron chi connectivity index (χ1n) is 11.1. The molecule has 0 N–H and O–H groups in total. The van der Waals surface area contributed by atoms with Gasteiger partial charge in [0.05, 0.1) is 13.1 Å². The molecule has 2 heterocycles. The molecule has 2 rings (SSSR count).